The lowest BCUT2D eigenvalue weighted by atomic mass is 10.1. The van der Waals surface area contributed by atoms with Gasteiger partial charge in [-0.05, 0) is 36.9 Å². The number of amides is 1. The average Bonchev–Trinajstić information content (AvgIpc) is 3.00. The van der Waals surface area contributed by atoms with Gasteiger partial charge in [0.2, 0.25) is 5.91 Å². The van der Waals surface area contributed by atoms with Crippen LogP contribution in [-0.2, 0) is 11.2 Å². The molecular weight excluding hydrogens is 402 g/mol. The molecule has 0 aromatic heterocycles. The number of alkyl halides is 3. The number of halogens is 5. The Morgan fingerprint density at radius 3 is 2.56 bits per heavy atom. The minimum absolute atomic E-state index is 0. The third-order valence-electron chi connectivity index (χ3n) is 4.67. The quantitative estimate of drug-likeness (QED) is 0.670. The summed E-state index contributed by atoms with van der Waals surface area (Å²) in [5.74, 6) is 0.151. The third kappa shape index (κ3) is 8.58. The highest BCUT2D eigenvalue weighted by Crippen LogP contribution is 2.22. The molecule has 2 rings (SSSR count). The van der Waals surface area contributed by atoms with Crippen LogP contribution in [0.1, 0.15) is 25.3 Å². The number of nitrogens with zero attached hydrogens (tertiary/aromatic N) is 2. The number of nitrogens with two attached hydrogens (primary N) is 1. The number of carbonyl (C=O) groups excluding carboxylic acids is 1. The Morgan fingerprint density at radius 2 is 1.96 bits per heavy atom. The number of aryl methyl sites for hydroxylation is 1. The molecule has 1 aromatic carbocycles. The normalized spacial score (nSPS) is 16.8. The fourth-order valence-corrected chi connectivity index (χ4v) is 3.29. The van der Waals surface area contributed by atoms with Crippen LogP contribution in [0.2, 0.25) is 0 Å². The molecular formula is C18H28Cl2F3N3O. The fourth-order valence-electron chi connectivity index (χ4n) is 3.29. The van der Waals surface area contributed by atoms with Crippen molar-refractivity contribution in [3.63, 3.8) is 0 Å². The largest absolute Gasteiger partial charge is 0.401 e. The van der Waals surface area contributed by atoms with Crippen molar-refractivity contribution in [1.82, 2.24) is 9.80 Å². The van der Waals surface area contributed by atoms with Crippen molar-refractivity contribution in [3.05, 3.63) is 29.8 Å². The lowest BCUT2D eigenvalue weighted by Crippen LogP contribution is -2.38. The summed E-state index contributed by atoms with van der Waals surface area (Å²) in [6, 6.07) is 7.46. The molecule has 0 aliphatic carbocycles. The van der Waals surface area contributed by atoms with Crippen LogP contribution in [0, 0.1) is 5.92 Å². The zero-order chi connectivity index (χ0) is 18.4. The predicted octanol–water partition coefficient (Wildman–Crippen LogP) is 3.78. The van der Waals surface area contributed by atoms with E-state index in [1.807, 2.05) is 24.3 Å². The van der Waals surface area contributed by atoms with Crippen LogP contribution >= 0.6 is 24.8 Å². The van der Waals surface area contributed by atoms with Gasteiger partial charge >= 0.3 is 6.18 Å². The number of anilines is 1. The van der Waals surface area contributed by atoms with E-state index in [9.17, 15) is 18.0 Å². The number of carbonyl (C=O) groups is 1. The Morgan fingerprint density at radius 1 is 1.30 bits per heavy atom. The zero-order valence-corrected chi connectivity index (χ0v) is 17.0. The summed E-state index contributed by atoms with van der Waals surface area (Å²) in [6.07, 6.45) is -2.46. The summed E-state index contributed by atoms with van der Waals surface area (Å²) in [7, 11) is 0. The zero-order valence-electron chi connectivity index (χ0n) is 15.4. The Labute approximate surface area is 171 Å². The van der Waals surface area contributed by atoms with Crippen molar-refractivity contribution in [2.75, 3.05) is 38.5 Å². The van der Waals surface area contributed by atoms with Crippen molar-refractivity contribution < 1.29 is 18.0 Å². The highest BCUT2D eigenvalue weighted by molar-refractivity contribution is 5.85. The van der Waals surface area contributed by atoms with Crippen LogP contribution in [0.4, 0.5) is 18.9 Å². The number of para-hydroxylation sites is 1. The molecule has 9 heteroatoms. The Kier molecular flexibility index (Phi) is 11.1. The first-order valence-corrected chi connectivity index (χ1v) is 8.68. The van der Waals surface area contributed by atoms with Gasteiger partial charge in [-0.25, -0.2) is 0 Å². The Bertz CT molecular complexity index is 587. The second-order valence-corrected chi connectivity index (χ2v) is 6.64. The van der Waals surface area contributed by atoms with Gasteiger partial charge < -0.3 is 10.6 Å². The second kappa shape index (κ2) is 11.6. The predicted molar refractivity (Wildman–Crippen MR) is 107 cm³/mol. The van der Waals surface area contributed by atoms with Crippen LogP contribution in [0.15, 0.2) is 24.3 Å². The monoisotopic (exact) mass is 429 g/mol. The highest BCUT2D eigenvalue weighted by Gasteiger charge is 2.33. The summed E-state index contributed by atoms with van der Waals surface area (Å²) in [6.45, 7) is 2.74. The summed E-state index contributed by atoms with van der Waals surface area (Å²) < 4.78 is 37.6. The number of hydrogen-bond donors (Lipinski definition) is 1. The lowest BCUT2D eigenvalue weighted by molar-refractivity contribution is -0.146. The van der Waals surface area contributed by atoms with Gasteiger partial charge in [0.15, 0.2) is 0 Å². The van der Waals surface area contributed by atoms with Crippen LogP contribution in [0.25, 0.3) is 0 Å². The van der Waals surface area contributed by atoms with Crippen molar-refractivity contribution in [1.29, 1.82) is 0 Å². The molecule has 0 saturated carbocycles. The fraction of sp³-hybridized carbons (Fsp3) is 0.611. The number of hydrogen-bond acceptors (Lipinski definition) is 3. The van der Waals surface area contributed by atoms with Crippen molar-refractivity contribution in [3.8, 4) is 0 Å². The van der Waals surface area contributed by atoms with E-state index in [0.717, 1.165) is 12.0 Å². The Hall–Kier alpha value is -1.18. The van der Waals surface area contributed by atoms with E-state index in [0.29, 0.717) is 44.7 Å². The van der Waals surface area contributed by atoms with Gasteiger partial charge in [-0.3, -0.25) is 9.69 Å². The number of likely N-dealkylation sites (tertiary alicyclic amines) is 1. The van der Waals surface area contributed by atoms with E-state index >= 15 is 0 Å². The SMILES string of the molecule is CCN(CC1CCN(C(=O)CCc2ccccc2N)C1)CC(F)(F)F.Cl.Cl. The molecule has 1 fully saturated rings. The molecule has 0 bridgehead atoms. The highest BCUT2D eigenvalue weighted by atomic mass is 35.5. The summed E-state index contributed by atoms with van der Waals surface area (Å²) in [4.78, 5) is 15.5. The van der Waals surface area contributed by atoms with Gasteiger partial charge in [0, 0.05) is 31.7 Å². The van der Waals surface area contributed by atoms with Gasteiger partial charge in [0.1, 0.15) is 0 Å². The minimum Gasteiger partial charge on any atom is -0.399 e. The first-order valence-electron chi connectivity index (χ1n) is 8.68. The Balaban J connectivity index is 0.00000338. The number of nitrogen functional groups attached to an aromatic ring is 1. The van der Waals surface area contributed by atoms with Gasteiger partial charge in [0.05, 0.1) is 6.54 Å². The molecule has 4 nitrogen and oxygen atoms in total. The summed E-state index contributed by atoms with van der Waals surface area (Å²) in [5.41, 5.74) is 7.51. The molecule has 27 heavy (non-hydrogen) atoms. The standard InChI is InChI=1S/C18H26F3N3O.2ClH/c1-2-23(13-18(19,20)21)11-14-9-10-24(12-14)17(25)8-7-15-5-3-4-6-16(15)22;;/h3-6,14H,2,7-13,22H2,1H3;2*1H. The first-order chi connectivity index (χ1) is 11.8. The summed E-state index contributed by atoms with van der Waals surface area (Å²) >= 11 is 0. The van der Waals surface area contributed by atoms with E-state index in [2.05, 4.69) is 0 Å². The molecule has 1 atom stereocenters. The van der Waals surface area contributed by atoms with Gasteiger partial charge in [-0.1, -0.05) is 25.1 Å². The second-order valence-electron chi connectivity index (χ2n) is 6.64. The maximum absolute atomic E-state index is 12.5. The molecule has 0 radical (unpaired) electrons. The van der Waals surface area contributed by atoms with Crippen LogP contribution in [-0.4, -0.2) is 54.6 Å². The van der Waals surface area contributed by atoms with E-state index in [-0.39, 0.29) is 36.6 Å². The number of benzene rings is 1. The van der Waals surface area contributed by atoms with Crippen LogP contribution in [0.3, 0.4) is 0 Å². The van der Waals surface area contributed by atoms with Gasteiger partial charge in [-0.15, -0.1) is 24.8 Å². The molecule has 1 amide bonds. The van der Waals surface area contributed by atoms with Crippen molar-refractivity contribution >= 4 is 36.4 Å². The van der Waals surface area contributed by atoms with Gasteiger partial charge in [-0.2, -0.15) is 13.2 Å². The maximum Gasteiger partial charge on any atom is 0.401 e. The topological polar surface area (TPSA) is 49.6 Å². The average molecular weight is 430 g/mol. The first kappa shape index (κ1) is 25.8. The smallest absolute Gasteiger partial charge is 0.399 e. The maximum atomic E-state index is 12.5. The molecule has 156 valence electrons. The van der Waals surface area contributed by atoms with E-state index < -0.39 is 12.7 Å². The van der Waals surface area contributed by atoms with Crippen LogP contribution in [0.5, 0.6) is 0 Å². The molecule has 1 aliphatic rings. The van der Waals surface area contributed by atoms with E-state index in [1.165, 1.54) is 4.90 Å². The molecule has 2 N–H and O–H groups in total. The summed E-state index contributed by atoms with van der Waals surface area (Å²) in [5, 5.41) is 0. The van der Waals surface area contributed by atoms with E-state index in [4.69, 9.17) is 5.73 Å². The molecule has 1 heterocycles. The number of rotatable bonds is 7. The van der Waals surface area contributed by atoms with Crippen molar-refractivity contribution in [2.24, 2.45) is 5.92 Å². The van der Waals surface area contributed by atoms with Crippen molar-refractivity contribution in [2.45, 2.75) is 32.4 Å². The molecule has 1 unspecified atom stereocenters. The van der Waals surface area contributed by atoms with Crippen LogP contribution < -0.4 is 5.73 Å². The molecule has 0 spiro atoms. The lowest BCUT2D eigenvalue weighted by Gasteiger charge is -2.25. The van der Waals surface area contributed by atoms with E-state index in [1.54, 1.807) is 11.8 Å². The third-order valence-corrected chi connectivity index (χ3v) is 4.67. The molecule has 1 aromatic rings. The van der Waals surface area contributed by atoms with Gasteiger partial charge in [0.25, 0.3) is 0 Å². The molecule has 1 aliphatic heterocycles. The molecule has 1 saturated heterocycles. The minimum atomic E-state index is -4.18.